The van der Waals surface area contributed by atoms with Crippen molar-refractivity contribution in [1.82, 2.24) is 0 Å². The van der Waals surface area contributed by atoms with Gasteiger partial charge >= 0.3 is 5.97 Å². The van der Waals surface area contributed by atoms with E-state index in [1.165, 1.54) is 12.1 Å². The fraction of sp³-hybridized carbons (Fsp3) is 0.300. The molecule has 1 fully saturated rings. The van der Waals surface area contributed by atoms with E-state index in [0.717, 1.165) is 0 Å². The number of carboxylic acid groups (broad SMARTS) is 1. The maximum atomic E-state index is 13.6. The summed E-state index contributed by atoms with van der Waals surface area (Å²) in [7, 11) is 0. The highest BCUT2D eigenvalue weighted by Gasteiger charge is 2.53. The number of aromatic hydroxyl groups is 1. The number of hydrogen-bond acceptors (Lipinski definition) is 2. The monoisotopic (exact) mass is 230 g/mol. The molecule has 0 heterocycles. The second-order valence-corrected chi connectivity index (χ2v) is 4.03. The maximum Gasteiger partial charge on any atom is 0.314 e. The number of phenolic OH excluding ortho intramolecular Hbond substituents is 1. The standard InChI is InChI=1S/C10H8ClFO3/c11-7-6(13)2-1-5(8(7)12)10(3-4-10)9(14)15/h1-2,13H,3-4H2,(H,14,15). The molecule has 1 aliphatic rings. The molecule has 0 atom stereocenters. The van der Waals surface area contributed by atoms with Crippen LogP contribution in [0.15, 0.2) is 12.1 Å². The van der Waals surface area contributed by atoms with Gasteiger partial charge in [-0.1, -0.05) is 17.7 Å². The molecule has 1 aromatic rings. The van der Waals surface area contributed by atoms with E-state index < -0.39 is 22.2 Å². The second-order valence-electron chi connectivity index (χ2n) is 3.65. The highest BCUT2D eigenvalue weighted by atomic mass is 35.5. The molecule has 2 N–H and O–H groups in total. The SMILES string of the molecule is O=C(O)C1(c2ccc(O)c(Cl)c2F)CC1. The average Bonchev–Trinajstić information content (AvgIpc) is 2.95. The molecule has 0 bridgehead atoms. The minimum absolute atomic E-state index is 0.0535. The molecule has 2 rings (SSSR count). The third kappa shape index (κ3) is 1.36. The van der Waals surface area contributed by atoms with Crippen LogP contribution in [0.2, 0.25) is 5.02 Å². The fourth-order valence-corrected chi connectivity index (χ4v) is 1.80. The first kappa shape index (κ1) is 10.2. The number of aliphatic carboxylic acids is 1. The quantitative estimate of drug-likeness (QED) is 0.820. The van der Waals surface area contributed by atoms with E-state index in [-0.39, 0.29) is 11.3 Å². The highest BCUT2D eigenvalue weighted by molar-refractivity contribution is 6.32. The summed E-state index contributed by atoms with van der Waals surface area (Å²) in [5.41, 5.74) is -1.08. The second kappa shape index (κ2) is 3.10. The Morgan fingerprint density at radius 1 is 1.47 bits per heavy atom. The van der Waals surface area contributed by atoms with E-state index in [2.05, 4.69) is 0 Å². The number of hydrogen-bond donors (Lipinski definition) is 2. The molecule has 1 saturated carbocycles. The Morgan fingerprint density at radius 3 is 2.53 bits per heavy atom. The molecular weight excluding hydrogens is 223 g/mol. The van der Waals surface area contributed by atoms with Gasteiger partial charge in [-0.25, -0.2) is 4.39 Å². The molecule has 0 radical (unpaired) electrons. The summed E-state index contributed by atoms with van der Waals surface area (Å²) in [6.45, 7) is 0. The molecule has 0 aliphatic heterocycles. The Labute approximate surface area is 90.1 Å². The first-order valence-electron chi connectivity index (χ1n) is 4.40. The van der Waals surface area contributed by atoms with Crippen LogP contribution in [0.4, 0.5) is 4.39 Å². The van der Waals surface area contributed by atoms with Crippen LogP contribution < -0.4 is 0 Å². The molecule has 0 spiro atoms. The lowest BCUT2D eigenvalue weighted by molar-refractivity contribution is -0.140. The van der Waals surface area contributed by atoms with Crippen molar-refractivity contribution in [2.24, 2.45) is 0 Å². The van der Waals surface area contributed by atoms with Gasteiger partial charge in [0.2, 0.25) is 0 Å². The zero-order chi connectivity index (χ0) is 11.2. The lowest BCUT2D eigenvalue weighted by atomic mass is 9.95. The molecule has 15 heavy (non-hydrogen) atoms. The van der Waals surface area contributed by atoms with Gasteiger partial charge in [0.25, 0.3) is 0 Å². The van der Waals surface area contributed by atoms with Crippen molar-refractivity contribution in [2.75, 3.05) is 0 Å². The van der Waals surface area contributed by atoms with Gasteiger partial charge in [0.1, 0.15) is 16.6 Å². The van der Waals surface area contributed by atoms with Gasteiger partial charge in [0.15, 0.2) is 0 Å². The first-order chi connectivity index (χ1) is 6.99. The van der Waals surface area contributed by atoms with Crippen molar-refractivity contribution in [3.63, 3.8) is 0 Å². The van der Waals surface area contributed by atoms with Crippen LogP contribution in [0.25, 0.3) is 0 Å². The number of rotatable bonds is 2. The molecule has 1 aromatic carbocycles. The molecule has 0 saturated heterocycles. The Bertz CT molecular complexity index is 441. The fourth-order valence-electron chi connectivity index (χ4n) is 1.63. The minimum Gasteiger partial charge on any atom is -0.506 e. The van der Waals surface area contributed by atoms with Gasteiger partial charge < -0.3 is 10.2 Å². The zero-order valence-electron chi connectivity index (χ0n) is 7.63. The predicted octanol–water partition coefficient (Wildman–Crippen LogP) is 2.30. The summed E-state index contributed by atoms with van der Waals surface area (Å²) in [4.78, 5) is 11.0. The van der Waals surface area contributed by atoms with Crippen molar-refractivity contribution in [1.29, 1.82) is 0 Å². The van der Waals surface area contributed by atoms with Crippen molar-refractivity contribution in [2.45, 2.75) is 18.3 Å². The van der Waals surface area contributed by atoms with Crippen molar-refractivity contribution in [3.05, 3.63) is 28.5 Å². The van der Waals surface area contributed by atoms with E-state index in [9.17, 15) is 9.18 Å². The Morgan fingerprint density at radius 2 is 2.07 bits per heavy atom. The lowest BCUT2D eigenvalue weighted by Crippen LogP contribution is -2.21. The summed E-state index contributed by atoms with van der Waals surface area (Å²) in [5.74, 6) is -2.26. The van der Waals surface area contributed by atoms with E-state index in [1.807, 2.05) is 0 Å². The van der Waals surface area contributed by atoms with E-state index in [1.54, 1.807) is 0 Å². The number of benzene rings is 1. The summed E-state index contributed by atoms with van der Waals surface area (Å²) in [6, 6.07) is 2.49. The van der Waals surface area contributed by atoms with Gasteiger partial charge in [-0.15, -0.1) is 0 Å². The molecule has 3 nitrogen and oxygen atoms in total. The molecule has 80 valence electrons. The van der Waals surface area contributed by atoms with Crippen molar-refractivity contribution in [3.8, 4) is 5.75 Å². The van der Waals surface area contributed by atoms with Gasteiger partial charge in [0, 0.05) is 5.56 Å². The number of halogens is 2. The number of phenols is 1. The van der Waals surface area contributed by atoms with Crippen LogP contribution in [-0.4, -0.2) is 16.2 Å². The lowest BCUT2D eigenvalue weighted by Gasteiger charge is -2.12. The average molecular weight is 231 g/mol. The zero-order valence-corrected chi connectivity index (χ0v) is 8.38. The molecule has 5 heteroatoms. The first-order valence-corrected chi connectivity index (χ1v) is 4.78. The summed E-state index contributed by atoms with van der Waals surface area (Å²) >= 11 is 5.50. The topological polar surface area (TPSA) is 57.5 Å². The number of carbonyl (C=O) groups is 1. The van der Waals surface area contributed by atoms with Crippen LogP contribution >= 0.6 is 11.6 Å². The molecule has 0 amide bonds. The molecule has 0 aromatic heterocycles. The third-order valence-corrected chi connectivity index (χ3v) is 3.10. The summed E-state index contributed by atoms with van der Waals surface area (Å²) in [5, 5.41) is 17.7. The molecule has 1 aliphatic carbocycles. The maximum absolute atomic E-state index is 13.6. The highest BCUT2D eigenvalue weighted by Crippen LogP contribution is 2.50. The van der Waals surface area contributed by atoms with Crippen LogP contribution in [0.1, 0.15) is 18.4 Å². The Hall–Kier alpha value is -1.29. The molecule has 0 unspecified atom stereocenters. The van der Waals surface area contributed by atoms with Gasteiger partial charge in [0.05, 0.1) is 5.41 Å². The Balaban J connectivity index is 2.55. The van der Waals surface area contributed by atoms with Crippen LogP contribution in [0, 0.1) is 5.82 Å². The summed E-state index contributed by atoms with van der Waals surface area (Å²) < 4.78 is 13.6. The predicted molar refractivity (Wildman–Crippen MR) is 51.6 cm³/mol. The van der Waals surface area contributed by atoms with E-state index in [0.29, 0.717) is 12.8 Å². The van der Waals surface area contributed by atoms with E-state index in [4.69, 9.17) is 21.8 Å². The molecular formula is C10H8ClFO3. The third-order valence-electron chi connectivity index (χ3n) is 2.74. The minimum atomic E-state index is -1.14. The van der Waals surface area contributed by atoms with Crippen LogP contribution in [0.5, 0.6) is 5.75 Å². The smallest absolute Gasteiger partial charge is 0.314 e. The van der Waals surface area contributed by atoms with Crippen molar-refractivity contribution < 1.29 is 19.4 Å². The van der Waals surface area contributed by atoms with Gasteiger partial charge in [-0.2, -0.15) is 0 Å². The Kier molecular flexibility index (Phi) is 2.12. The van der Waals surface area contributed by atoms with Crippen LogP contribution in [0.3, 0.4) is 0 Å². The van der Waals surface area contributed by atoms with E-state index >= 15 is 0 Å². The van der Waals surface area contributed by atoms with Gasteiger partial charge in [-0.3, -0.25) is 4.79 Å². The largest absolute Gasteiger partial charge is 0.506 e. The number of carboxylic acids is 1. The summed E-state index contributed by atoms with van der Waals surface area (Å²) in [6.07, 6.45) is 0.806. The normalized spacial score (nSPS) is 17.5. The van der Waals surface area contributed by atoms with Crippen LogP contribution in [-0.2, 0) is 10.2 Å². The van der Waals surface area contributed by atoms with Crippen molar-refractivity contribution >= 4 is 17.6 Å². The van der Waals surface area contributed by atoms with Gasteiger partial charge in [-0.05, 0) is 18.9 Å².